The largest absolute Gasteiger partial charge is 0.573 e. The Morgan fingerprint density at radius 1 is 1.29 bits per heavy atom. The molecule has 0 fully saturated rings. The number of halogens is 4. The Labute approximate surface area is 92.1 Å². The average molecular weight is 318 g/mol. The summed E-state index contributed by atoms with van der Waals surface area (Å²) in [6, 6.07) is 4.29. The second-order valence-electron chi connectivity index (χ2n) is 2.32. The van der Waals surface area contributed by atoms with Gasteiger partial charge in [0.25, 0.3) is 0 Å². The van der Waals surface area contributed by atoms with E-state index in [1.807, 2.05) is 22.6 Å². The van der Waals surface area contributed by atoms with E-state index in [4.69, 9.17) is 4.74 Å². The summed E-state index contributed by atoms with van der Waals surface area (Å²) in [4.78, 5) is 0. The summed E-state index contributed by atoms with van der Waals surface area (Å²) in [5.41, 5.74) is 0. The molecule has 0 saturated heterocycles. The first-order valence-electron chi connectivity index (χ1n) is 3.52. The number of alkyl halides is 3. The van der Waals surface area contributed by atoms with Gasteiger partial charge in [0, 0.05) is 0 Å². The summed E-state index contributed by atoms with van der Waals surface area (Å²) in [5, 5.41) is 0. The van der Waals surface area contributed by atoms with Gasteiger partial charge in [0.1, 0.15) is 0 Å². The van der Waals surface area contributed by atoms with Crippen molar-refractivity contribution in [1.82, 2.24) is 0 Å². The summed E-state index contributed by atoms with van der Waals surface area (Å²) >= 11 is 1.87. The van der Waals surface area contributed by atoms with Gasteiger partial charge in [-0.05, 0) is 34.7 Å². The number of methoxy groups -OCH3 is 1. The highest BCUT2D eigenvalue weighted by atomic mass is 127. The first-order valence-corrected chi connectivity index (χ1v) is 4.60. The molecule has 1 aromatic carbocycles. The van der Waals surface area contributed by atoms with Gasteiger partial charge in [-0.3, -0.25) is 0 Å². The third-order valence-electron chi connectivity index (χ3n) is 1.36. The fourth-order valence-electron chi connectivity index (χ4n) is 0.892. The van der Waals surface area contributed by atoms with Crippen molar-refractivity contribution in [3.63, 3.8) is 0 Å². The van der Waals surface area contributed by atoms with Crippen LogP contribution in [0.5, 0.6) is 11.5 Å². The number of hydrogen-bond acceptors (Lipinski definition) is 2. The van der Waals surface area contributed by atoms with Crippen LogP contribution >= 0.6 is 22.6 Å². The van der Waals surface area contributed by atoms with E-state index in [2.05, 4.69) is 4.74 Å². The van der Waals surface area contributed by atoms with E-state index in [-0.39, 0.29) is 11.5 Å². The van der Waals surface area contributed by atoms with E-state index in [1.54, 1.807) is 6.07 Å². The monoisotopic (exact) mass is 318 g/mol. The van der Waals surface area contributed by atoms with E-state index >= 15 is 0 Å². The molecule has 0 aliphatic heterocycles. The Bertz CT molecular complexity index is 325. The van der Waals surface area contributed by atoms with E-state index < -0.39 is 6.36 Å². The van der Waals surface area contributed by atoms with Crippen LogP contribution in [0.4, 0.5) is 13.2 Å². The minimum absolute atomic E-state index is 0.0884. The molecule has 1 rings (SSSR count). The lowest BCUT2D eigenvalue weighted by atomic mass is 10.3. The maximum absolute atomic E-state index is 11.9. The van der Waals surface area contributed by atoms with Crippen LogP contribution in [-0.4, -0.2) is 13.5 Å². The van der Waals surface area contributed by atoms with E-state index in [0.717, 1.165) is 0 Å². The molecule has 1 aromatic rings. The Kier molecular flexibility index (Phi) is 3.46. The molecule has 0 spiro atoms. The highest BCUT2D eigenvalue weighted by Crippen LogP contribution is 2.35. The number of rotatable bonds is 2. The van der Waals surface area contributed by atoms with Gasteiger partial charge in [-0.25, -0.2) is 0 Å². The first kappa shape index (κ1) is 11.4. The van der Waals surface area contributed by atoms with Crippen molar-refractivity contribution in [2.75, 3.05) is 7.11 Å². The number of para-hydroxylation sites is 1. The Hall–Kier alpha value is -0.660. The van der Waals surface area contributed by atoms with Crippen LogP contribution in [0, 0.1) is 3.57 Å². The molecule has 0 aliphatic carbocycles. The van der Waals surface area contributed by atoms with Crippen LogP contribution < -0.4 is 9.47 Å². The number of hydrogen-bond donors (Lipinski definition) is 0. The van der Waals surface area contributed by atoms with Gasteiger partial charge < -0.3 is 9.47 Å². The zero-order chi connectivity index (χ0) is 10.8. The highest BCUT2D eigenvalue weighted by Gasteiger charge is 2.32. The van der Waals surface area contributed by atoms with Gasteiger partial charge >= 0.3 is 6.36 Å². The summed E-state index contributed by atoms with van der Waals surface area (Å²) in [5.74, 6) is -0.239. The number of benzene rings is 1. The lowest BCUT2D eigenvalue weighted by molar-refractivity contribution is -0.275. The minimum atomic E-state index is -4.70. The average Bonchev–Trinajstić information content (AvgIpc) is 2.01. The molecule has 0 aromatic heterocycles. The van der Waals surface area contributed by atoms with Gasteiger partial charge in [-0.2, -0.15) is 0 Å². The molecule has 0 saturated carbocycles. The quantitative estimate of drug-likeness (QED) is 0.780. The summed E-state index contributed by atoms with van der Waals surface area (Å²) in [7, 11) is 1.29. The second kappa shape index (κ2) is 4.24. The van der Waals surface area contributed by atoms with Crippen LogP contribution in [0.15, 0.2) is 18.2 Å². The molecule has 0 amide bonds. The molecule has 0 bridgehead atoms. The third-order valence-corrected chi connectivity index (χ3v) is 2.21. The predicted molar refractivity (Wildman–Crippen MR) is 52.4 cm³/mol. The molecule has 2 nitrogen and oxygen atoms in total. The summed E-state index contributed by atoms with van der Waals surface area (Å²) in [6.45, 7) is 0. The molecule has 0 N–H and O–H groups in total. The molecule has 0 radical (unpaired) electrons. The smallest absolute Gasteiger partial charge is 0.492 e. The van der Waals surface area contributed by atoms with Gasteiger partial charge in [0.15, 0.2) is 11.5 Å². The van der Waals surface area contributed by atoms with E-state index in [0.29, 0.717) is 3.57 Å². The molecule has 0 atom stereocenters. The third kappa shape index (κ3) is 2.93. The lowest BCUT2D eigenvalue weighted by Crippen LogP contribution is -2.17. The molecule has 6 heteroatoms. The van der Waals surface area contributed by atoms with Crippen molar-refractivity contribution in [2.24, 2.45) is 0 Å². The van der Waals surface area contributed by atoms with Gasteiger partial charge in [-0.15, -0.1) is 13.2 Å². The summed E-state index contributed by atoms with van der Waals surface area (Å²) < 4.78 is 44.9. The Morgan fingerprint density at radius 2 is 1.93 bits per heavy atom. The molecule has 0 heterocycles. The molecular weight excluding hydrogens is 312 g/mol. The van der Waals surface area contributed by atoms with Crippen molar-refractivity contribution in [3.8, 4) is 11.5 Å². The highest BCUT2D eigenvalue weighted by molar-refractivity contribution is 14.1. The maximum atomic E-state index is 11.9. The molecular formula is C8H6F3IO2. The van der Waals surface area contributed by atoms with Gasteiger partial charge in [0.2, 0.25) is 0 Å². The first-order chi connectivity index (χ1) is 6.44. The zero-order valence-corrected chi connectivity index (χ0v) is 9.22. The van der Waals surface area contributed by atoms with Crippen molar-refractivity contribution in [3.05, 3.63) is 21.8 Å². The van der Waals surface area contributed by atoms with Crippen LogP contribution in [0.3, 0.4) is 0 Å². The Balaban J connectivity index is 3.02. The van der Waals surface area contributed by atoms with Crippen LogP contribution in [0.25, 0.3) is 0 Å². The van der Waals surface area contributed by atoms with E-state index in [9.17, 15) is 13.2 Å². The fourth-order valence-corrected chi connectivity index (χ4v) is 1.59. The van der Waals surface area contributed by atoms with Gasteiger partial charge in [-0.1, -0.05) is 6.07 Å². The Morgan fingerprint density at radius 3 is 2.43 bits per heavy atom. The topological polar surface area (TPSA) is 18.5 Å². The maximum Gasteiger partial charge on any atom is 0.573 e. The van der Waals surface area contributed by atoms with Crippen molar-refractivity contribution in [2.45, 2.75) is 6.36 Å². The molecule has 14 heavy (non-hydrogen) atoms. The molecule has 78 valence electrons. The summed E-state index contributed by atoms with van der Waals surface area (Å²) in [6.07, 6.45) is -4.70. The van der Waals surface area contributed by atoms with Crippen LogP contribution in [0.2, 0.25) is 0 Å². The minimum Gasteiger partial charge on any atom is -0.492 e. The van der Waals surface area contributed by atoms with Crippen LogP contribution in [-0.2, 0) is 0 Å². The standard InChI is InChI=1S/C8H6F3IO2/c1-13-7-5(12)3-2-4-6(7)14-8(9,10)11/h2-4H,1H3. The fraction of sp³-hybridized carbons (Fsp3) is 0.250. The van der Waals surface area contributed by atoms with Crippen LogP contribution in [0.1, 0.15) is 0 Å². The van der Waals surface area contributed by atoms with Crippen molar-refractivity contribution >= 4 is 22.6 Å². The lowest BCUT2D eigenvalue weighted by Gasteiger charge is -2.12. The molecule has 0 aliphatic rings. The predicted octanol–water partition coefficient (Wildman–Crippen LogP) is 3.20. The van der Waals surface area contributed by atoms with Crippen molar-refractivity contribution < 1.29 is 22.6 Å². The SMILES string of the molecule is COc1c(I)cccc1OC(F)(F)F. The van der Waals surface area contributed by atoms with Gasteiger partial charge in [0.05, 0.1) is 10.7 Å². The zero-order valence-electron chi connectivity index (χ0n) is 7.06. The van der Waals surface area contributed by atoms with Crippen molar-refractivity contribution in [1.29, 1.82) is 0 Å². The second-order valence-corrected chi connectivity index (χ2v) is 3.48. The molecule has 0 unspecified atom stereocenters. The van der Waals surface area contributed by atoms with E-state index in [1.165, 1.54) is 19.2 Å². The number of ether oxygens (including phenoxy) is 2. The normalized spacial score (nSPS) is 11.2.